The number of hydrogen-bond donors (Lipinski definition) is 1. The van der Waals surface area contributed by atoms with Crippen molar-refractivity contribution in [2.45, 2.75) is 103 Å². The van der Waals surface area contributed by atoms with Crippen molar-refractivity contribution in [1.82, 2.24) is 0 Å². The molecule has 1 N–H and O–H groups in total. The predicted octanol–water partition coefficient (Wildman–Crippen LogP) is 7.07. The maximum absolute atomic E-state index is 12.5. The Morgan fingerprint density at radius 3 is 2.07 bits per heavy atom. The summed E-state index contributed by atoms with van der Waals surface area (Å²) in [5.74, 6) is -1.14. The van der Waals surface area contributed by atoms with Crippen LogP contribution in [0.1, 0.15) is 112 Å². The second-order valence-electron chi connectivity index (χ2n) is 8.47. The number of Topliss-reactive ketones (excluding diaryl/α,β-unsaturated/α-hetero) is 1. The topological polar surface area (TPSA) is 54.4 Å². The molecule has 0 radical (unpaired) electrons. The number of carboxylic acids is 1. The van der Waals surface area contributed by atoms with Gasteiger partial charge in [0, 0.05) is 17.2 Å². The van der Waals surface area contributed by atoms with Gasteiger partial charge in [-0.05, 0) is 42.9 Å². The third-order valence-electron chi connectivity index (χ3n) is 5.99. The molecule has 0 atom stereocenters. The van der Waals surface area contributed by atoms with E-state index in [-0.39, 0.29) is 5.78 Å². The van der Waals surface area contributed by atoms with Crippen LogP contribution in [0.2, 0.25) is 0 Å². The molecule has 0 saturated heterocycles. The fourth-order valence-electron chi connectivity index (χ4n) is 4.22. The summed E-state index contributed by atoms with van der Waals surface area (Å²) >= 11 is 0. The van der Waals surface area contributed by atoms with E-state index in [1.807, 2.05) is 6.07 Å². The highest BCUT2D eigenvalue weighted by molar-refractivity contribution is 6.12. The second kappa shape index (κ2) is 13.3. The van der Waals surface area contributed by atoms with Crippen molar-refractivity contribution in [2.24, 2.45) is 0 Å². The van der Waals surface area contributed by atoms with Crippen LogP contribution in [0.25, 0.3) is 0 Å². The van der Waals surface area contributed by atoms with Crippen molar-refractivity contribution in [3.8, 4) is 0 Å². The normalized spacial score (nSPS) is 14.9. The summed E-state index contributed by atoms with van der Waals surface area (Å²) in [6.45, 7) is 2.26. The van der Waals surface area contributed by atoms with Crippen molar-refractivity contribution >= 4 is 11.8 Å². The fraction of sp³-hybridized carbons (Fsp3) is 0.615. The van der Waals surface area contributed by atoms with Crippen LogP contribution in [0.3, 0.4) is 0 Å². The number of fused-ring (bicyclic) bond motifs is 1. The number of carbonyl (C=O) groups is 2. The van der Waals surface area contributed by atoms with Crippen molar-refractivity contribution in [1.29, 1.82) is 0 Å². The summed E-state index contributed by atoms with van der Waals surface area (Å²) in [4.78, 5) is 23.5. The number of allylic oxidation sites excluding steroid dienone is 1. The number of aliphatic carboxylic acids is 1. The minimum absolute atomic E-state index is 0.106. The van der Waals surface area contributed by atoms with Crippen molar-refractivity contribution in [3.05, 3.63) is 46.5 Å². The van der Waals surface area contributed by atoms with Gasteiger partial charge in [-0.2, -0.15) is 0 Å². The molecule has 0 spiro atoms. The molecule has 3 heteroatoms. The second-order valence-corrected chi connectivity index (χ2v) is 8.47. The van der Waals surface area contributed by atoms with Crippen LogP contribution in [-0.4, -0.2) is 16.9 Å². The molecule has 0 amide bonds. The predicted molar refractivity (Wildman–Crippen MR) is 120 cm³/mol. The van der Waals surface area contributed by atoms with Crippen LogP contribution >= 0.6 is 0 Å². The molecule has 0 heterocycles. The summed E-state index contributed by atoms with van der Waals surface area (Å²) in [6, 6.07) is 6.18. The average Bonchev–Trinajstić information content (AvgIpc) is 2.71. The molecule has 160 valence electrons. The minimum atomic E-state index is -1.04. The summed E-state index contributed by atoms with van der Waals surface area (Å²) in [7, 11) is 0. The third kappa shape index (κ3) is 8.55. The van der Waals surface area contributed by atoms with Gasteiger partial charge < -0.3 is 5.11 Å². The summed E-state index contributed by atoms with van der Waals surface area (Å²) < 4.78 is 0. The van der Waals surface area contributed by atoms with E-state index in [1.54, 1.807) is 0 Å². The minimum Gasteiger partial charge on any atom is -0.478 e. The van der Waals surface area contributed by atoms with E-state index in [0.717, 1.165) is 30.9 Å². The molecular weight excluding hydrogens is 360 g/mol. The molecule has 0 bridgehead atoms. The lowest BCUT2D eigenvalue weighted by atomic mass is 9.85. The lowest BCUT2D eigenvalue weighted by Crippen LogP contribution is -2.15. The lowest BCUT2D eigenvalue weighted by molar-refractivity contribution is -0.131. The summed E-state index contributed by atoms with van der Waals surface area (Å²) in [5.41, 5.74) is 3.38. The Morgan fingerprint density at radius 1 is 0.897 bits per heavy atom. The van der Waals surface area contributed by atoms with Gasteiger partial charge >= 0.3 is 5.97 Å². The highest BCUT2D eigenvalue weighted by Crippen LogP contribution is 2.26. The van der Waals surface area contributed by atoms with Crippen LogP contribution < -0.4 is 0 Å². The molecule has 1 aliphatic carbocycles. The number of benzene rings is 1. The standard InChI is InChI=1S/C26H38O3/c1-2-3-4-5-6-7-8-9-10-11-12-13-14-21-15-16-22-17-18-23(20-25(27)28)26(29)24(22)19-21/h15-16,19-20H,2-14,17-18H2,1H3,(H,27,28)/b23-20-. The van der Waals surface area contributed by atoms with Gasteiger partial charge in [0.2, 0.25) is 0 Å². The van der Waals surface area contributed by atoms with Crippen LogP contribution in [0, 0.1) is 0 Å². The number of hydrogen-bond acceptors (Lipinski definition) is 2. The van der Waals surface area contributed by atoms with E-state index in [2.05, 4.69) is 19.1 Å². The molecule has 0 aliphatic heterocycles. The maximum atomic E-state index is 12.5. The number of ketones is 1. The first-order valence-electron chi connectivity index (χ1n) is 11.7. The number of unbranched alkanes of at least 4 members (excludes halogenated alkanes) is 11. The van der Waals surface area contributed by atoms with Crippen LogP contribution in [0.4, 0.5) is 0 Å². The van der Waals surface area contributed by atoms with Crippen molar-refractivity contribution in [2.75, 3.05) is 0 Å². The zero-order valence-electron chi connectivity index (χ0n) is 18.2. The SMILES string of the molecule is CCCCCCCCCCCCCCc1ccc2c(c1)C(=O)/C(=C\C(=O)O)CC2. The molecule has 1 aliphatic rings. The summed E-state index contributed by atoms with van der Waals surface area (Å²) in [6.07, 6.45) is 19.4. The van der Waals surface area contributed by atoms with Crippen LogP contribution in [0.5, 0.6) is 0 Å². The smallest absolute Gasteiger partial charge is 0.328 e. The monoisotopic (exact) mass is 398 g/mol. The molecule has 1 aromatic carbocycles. The number of carbonyl (C=O) groups excluding carboxylic acids is 1. The number of aryl methyl sites for hydroxylation is 2. The van der Waals surface area contributed by atoms with Gasteiger partial charge in [-0.3, -0.25) is 4.79 Å². The van der Waals surface area contributed by atoms with Gasteiger partial charge in [0.25, 0.3) is 0 Å². The van der Waals surface area contributed by atoms with Gasteiger partial charge in [0.1, 0.15) is 0 Å². The van der Waals surface area contributed by atoms with Gasteiger partial charge in [0.05, 0.1) is 0 Å². The molecule has 3 nitrogen and oxygen atoms in total. The Balaban J connectivity index is 1.63. The van der Waals surface area contributed by atoms with Crippen molar-refractivity contribution in [3.63, 3.8) is 0 Å². The largest absolute Gasteiger partial charge is 0.478 e. The van der Waals surface area contributed by atoms with E-state index < -0.39 is 5.97 Å². The molecular formula is C26H38O3. The zero-order chi connectivity index (χ0) is 20.9. The van der Waals surface area contributed by atoms with E-state index in [4.69, 9.17) is 5.11 Å². The zero-order valence-corrected chi connectivity index (χ0v) is 18.2. The number of rotatable bonds is 14. The quantitative estimate of drug-likeness (QED) is 0.269. The molecule has 0 saturated carbocycles. The Labute approximate surface area is 176 Å². The van der Waals surface area contributed by atoms with E-state index in [9.17, 15) is 9.59 Å². The molecule has 0 unspecified atom stereocenters. The number of carboxylic acid groups (broad SMARTS) is 1. The fourth-order valence-corrected chi connectivity index (χ4v) is 4.22. The van der Waals surface area contributed by atoms with Crippen molar-refractivity contribution < 1.29 is 14.7 Å². The first-order chi connectivity index (χ1) is 14.1. The third-order valence-corrected chi connectivity index (χ3v) is 5.99. The van der Waals surface area contributed by atoms with E-state index >= 15 is 0 Å². The van der Waals surface area contributed by atoms with Gasteiger partial charge in [0.15, 0.2) is 5.78 Å². The summed E-state index contributed by atoms with van der Waals surface area (Å²) in [5, 5.41) is 8.94. The molecule has 2 rings (SSSR count). The molecule has 0 fully saturated rings. The molecule has 0 aromatic heterocycles. The van der Waals surface area contributed by atoms with Gasteiger partial charge in [-0.15, -0.1) is 0 Å². The maximum Gasteiger partial charge on any atom is 0.328 e. The van der Waals surface area contributed by atoms with E-state index in [0.29, 0.717) is 17.6 Å². The Bertz CT molecular complexity index is 687. The Hall–Kier alpha value is -1.90. The average molecular weight is 399 g/mol. The van der Waals surface area contributed by atoms with Crippen LogP contribution in [0.15, 0.2) is 29.8 Å². The highest BCUT2D eigenvalue weighted by atomic mass is 16.4. The lowest BCUT2D eigenvalue weighted by Gasteiger charge is -2.18. The molecule has 29 heavy (non-hydrogen) atoms. The first-order valence-corrected chi connectivity index (χ1v) is 11.7. The Morgan fingerprint density at radius 2 is 1.48 bits per heavy atom. The van der Waals surface area contributed by atoms with Crippen LogP contribution in [-0.2, 0) is 17.6 Å². The highest BCUT2D eigenvalue weighted by Gasteiger charge is 2.22. The molecule has 1 aromatic rings. The Kier molecular flexibility index (Phi) is 10.8. The van der Waals surface area contributed by atoms with E-state index in [1.165, 1.54) is 76.2 Å². The van der Waals surface area contributed by atoms with Gasteiger partial charge in [-0.25, -0.2) is 4.79 Å². The van der Waals surface area contributed by atoms with Gasteiger partial charge in [-0.1, -0.05) is 89.7 Å². The first kappa shape index (κ1) is 23.4.